The van der Waals surface area contributed by atoms with E-state index in [0.29, 0.717) is 17.9 Å². The number of nitrogens with one attached hydrogen (secondary N) is 2. The summed E-state index contributed by atoms with van der Waals surface area (Å²) in [6.45, 7) is 11.1. The number of hydrogen-bond donors (Lipinski definition) is 2. The van der Waals surface area contributed by atoms with Crippen molar-refractivity contribution in [1.82, 2.24) is 15.5 Å². The van der Waals surface area contributed by atoms with E-state index in [-0.39, 0.29) is 24.5 Å². The molecule has 0 radical (unpaired) electrons. The standard InChI is InChI=1S/C22H31N3O3/c1-5-25(6-2)12-11-23-22(27)19-13-17-9-7-8-10-18(17)14-20(19)28-15-21(26)24-16(3)4/h7-10,13-14,16H,5-6,11-12,15H2,1-4H3,(H,23,27)(H,24,26). The van der Waals surface area contributed by atoms with Crippen LogP contribution in [0.2, 0.25) is 0 Å². The van der Waals surface area contributed by atoms with Gasteiger partial charge in [0, 0.05) is 19.1 Å². The van der Waals surface area contributed by atoms with Gasteiger partial charge in [0.05, 0.1) is 5.56 Å². The Balaban J connectivity index is 2.16. The molecule has 152 valence electrons. The molecule has 0 saturated carbocycles. The molecule has 0 aromatic heterocycles. The second kappa shape index (κ2) is 10.7. The van der Waals surface area contributed by atoms with Crippen molar-refractivity contribution in [2.45, 2.75) is 33.7 Å². The van der Waals surface area contributed by atoms with Gasteiger partial charge in [0.2, 0.25) is 0 Å². The van der Waals surface area contributed by atoms with Crippen LogP contribution in [0.4, 0.5) is 0 Å². The fourth-order valence-corrected chi connectivity index (χ4v) is 2.99. The quantitative estimate of drug-likeness (QED) is 0.660. The molecule has 0 aliphatic heterocycles. The number of nitrogens with zero attached hydrogens (tertiary/aromatic N) is 1. The van der Waals surface area contributed by atoms with Crippen LogP contribution >= 0.6 is 0 Å². The third kappa shape index (κ3) is 6.23. The topological polar surface area (TPSA) is 70.7 Å². The summed E-state index contributed by atoms with van der Waals surface area (Å²) in [5.41, 5.74) is 0.440. The van der Waals surface area contributed by atoms with Crippen molar-refractivity contribution in [3.05, 3.63) is 42.0 Å². The van der Waals surface area contributed by atoms with Crippen molar-refractivity contribution in [3.8, 4) is 5.75 Å². The first-order chi connectivity index (χ1) is 13.4. The number of rotatable bonds is 10. The van der Waals surface area contributed by atoms with Gasteiger partial charge in [-0.1, -0.05) is 38.1 Å². The van der Waals surface area contributed by atoms with Crippen molar-refractivity contribution < 1.29 is 14.3 Å². The van der Waals surface area contributed by atoms with Gasteiger partial charge in [-0.3, -0.25) is 9.59 Å². The zero-order chi connectivity index (χ0) is 20.5. The molecule has 2 aromatic rings. The van der Waals surface area contributed by atoms with E-state index < -0.39 is 0 Å². The zero-order valence-electron chi connectivity index (χ0n) is 17.2. The summed E-state index contributed by atoms with van der Waals surface area (Å²) in [4.78, 5) is 27.0. The number of likely N-dealkylation sites (N-methyl/N-ethyl adjacent to an activating group) is 1. The average Bonchev–Trinajstić information content (AvgIpc) is 2.68. The Bertz CT molecular complexity index is 801. The Morgan fingerprint density at radius 3 is 2.32 bits per heavy atom. The molecule has 0 fully saturated rings. The third-order valence-electron chi connectivity index (χ3n) is 4.51. The van der Waals surface area contributed by atoms with Gasteiger partial charge in [0.15, 0.2) is 6.61 Å². The Morgan fingerprint density at radius 2 is 1.71 bits per heavy atom. The van der Waals surface area contributed by atoms with Crippen LogP contribution in [0.15, 0.2) is 36.4 Å². The maximum absolute atomic E-state index is 12.8. The second-order valence-corrected chi connectivity index (χ2v) is 6.99. The Labute approximate surface area is 167 Å². The predicted molar refractivity (Wildman–Crippen MR) is 113 cm³/mol. The normalized spacial score (nSPS) is 11.1. The highest BCUT2D eigenvalue weighted by Crippen LogP contribution is 2.26. The molecule has 0 unspecified atom stereocenters. The summed E-state index contributed by atoms with van der Waals surface area (Å²) in [7, 11) is 0. The van der Waals surface area contributed by atoms with Crippen LogP contribution in [0, 0.1) is 0 Å². The summed E-state index contributed by atoms with van der Waals surface area (Å²) in [5.74, 6) is 0.00572. The molecular formula is C22H31N3O3. The highest BCUT2D eigenvalue weighted by Gasteiger charge is 2.16. The van der Waals surface area contributed by atoms with Crippen LogP contribution in [-0.2, 0) is 4.79 Å². The summed E-state index contributed by atoms with van der Waals surface area (Å²) in [6.07, 6.45) is 0. The predicted octanol–water partition coefficient (Wildman–Crippen LogP) is 2.81. The molecule has 0 atom stereocenters. The van der Waals surface area contributed by atoms with Crippen LogP contribution in [0.1, 0.15) is 38.1 Å². The van der Waals surface area contributed by atoms with Gasteiger partial charge in [-0.05, 0) is 49.8 Å². The van der Waals surface area contributed by atoms with E-state index in [0.717, 1.165) is 30.4 Å². The van der Waals surface area contributed by atoms with Gasteiger partial charge in [-0.15, -0.1) is 0 Å². The van der Waals surface area contributed by atoms with E-state index in [1.54, 1.807) is 0 Å². The second-order valence-electron chi connectivity index (χ2n) is 6.99. The summed E-state index contributed by atoms with van der Waals surface area (Å²) < 4.78 is 5.72. The molecule has 2 rings (SSSR count). The molecule has 0 aliphatic rings. The smallest absolute Gasteiger partial charge is 0.258 e. The van der Waals surface area contributed by atoms with Crippen LogP contribution < -0.4 is 15.4 Å². The number of carbonyl (C=O) groups is 2. The summed E-state index contributed by atoms with van der Waals surface area (Å²) >= 11 is 0. The molecular weight excluding hydrogens is 354 g/mol. The van der Waals surface area contributed by atoms with Crippen molar-refractivity contribution >= 4 is 22.6 Å². The highest BCUT2D eigenvalue weighted by molar-refractivity contribution is 6.01. The number of carbonyl (C=O) groups excluding carboxylic acids is 2. The van der Waals surface area contributed by atoms with Crippen LogP contribution in [0.3, 0.4) is 0 Å². The molecule has 0 spiro atoms. The number of hydrogen-bond acceptors (Lipinski definition) is 4. The van der Waals surface area contributed by atoms with Gasteiger partial charge in [0.25, 0.3) is 11.8 Å². The monoisotopic (exact) mass is 385 g/mol. The first-order valence-electron chi connectivity index (χ1n) is 9.90. The van der Waals surface area contributed by atoms with E-state index in [1.165, 1.54) is 0 Å². The van der Waals surface area contributed by atoms with Gasteiger partial charge < -0.3 is 20.3 Å². The fraction of sp³-hybridized carbons (Fsp3) is 0.455. The molecule has 28 heavy (non-hydrogen) atoms. The lowest BCUT2D eigenvalue weighted by Gasteiger charge is -2.18. The molecule has 6 nitrogen and oxygen atoms in total. The van der Waals surface area contributed by atoms with Crippen molar-refractivity contribution in [1.29, 1.82) is 0 Å². The Morgan fingerprint density at radius 1 is 1.07 bits per heavy atom. The number of ether oxygens (including phenoxy) is 1. The van der Waals surface area contributed by atoms with E-state index in [1.807, 2.05) is 50.2 Å². The van der Waals surface area contributed by atoms with Gasteiger partial charge in [0.1, 0.15) is 5.75 Å². The minimum atomic E-state index is -0.212. The lowest BCUT2D eigenvalue weighted by Crippen LogP contribution is -2.35. The maximum atomic E-state index is 12.8. The third-order valence-corrected chi connectivity index (χ3v) is 4.51. The zero-order valence-corrected chi connectivity index (χ0v) is 17.2. The van der Waals surface area contributed by atoms with Gasteiger partial charge >= 0.3 is 0 Å². The average molecular weight is 386 g/mol. The highest BCUT2D eigenvalue weighted by atomic mass is 16.5. The molecule has 2 N–H and O–H groups in total. The first-order valence-corrected chi connectivity index (χ1v) is 9.90. The lowest BCUT2D eigenvalue weighted by atomic mass is 10.1. The SMILES string of the molecule is CCN(CC)CCNC(=O)c1cc2ccccc2cc1OCC(=O)NC(C)C. The molecule has 2 aromatic carbocycles. The van der Waals surface area contributed by atoms with E-state index in [4.69, 9.17) is 4.74 Å². The first kappa shape index (κ1) is 21.7. The van der Waals surface area contributed by atoms with E-state index >= 15 is 0 Å². The molecule has 2 amide bonds. The molecule has 0 saturated heterocycles. The van der Waals surface area contributed by atoms with Crippen molar-refractivity contribution in [3.63, 3.8) is 0 Å². The number of amides is 2. The van der Waals surface area contributed by atoms with Crippen LogP contribution in [0.5, 0.6) is 5.75 Å². The van der Waals surface area contributed by atoms with E-state index in [9.17, 15) is 9.59 Å². The summed E-state index contributed by atoms with van der Waals surface area (Å²) in [6, 6.07) is 11.4. The van der Waals surface area contributed by atoms with Crippen molar-refractivity contribution in [2.75, 3.05) is 32.8 Å². The van der Waals surface area contributed by atoms with Crippen LogP contribution in [-0.4, -0.2) is 55.5 Å². The Hall–Kier alpha value is -2.60. The van der Waals surface area contributed by atoms with Crippen LogP contribution in [0.25, 0.3) is 10.8 Å². The van der Waals surface area contributed by atoms with Gasteiger partial charge in [-0.2, -0.15) is 0 Å². The number of benzene rings is 2. The number of fused-ring (bicyclic) bond motifs is 1. The van der Waals surface area contributed by atoms with Crippen molar-refractivity contribution in [2.24, 2.45) is 0 Å². The maximum Gasteiger partial charge on any atom is 0.258 e. The minimum absolute atomic E-state index is 0.0375. The largest absolute Gasteiger partial charge is 0.483 e. The van der Waals surface area contributed by atoms with E-state index in [2.05, 4.69) is 29.4 Å². The minimum Gasteiger partial charge on any atom is -0.483 e. The Kier molecular flexibility index (Phi) is 8.26. The fourth-order valence-electron chi connectivity index (χ4n) is 2.99. The molecule has 6 heteroatoms. The summed E-state index contributed by atoms with van der Waals surface area (Å²) in [5, 5.41) is 7.66. The lowest BCUT2D eigenvalue weighted by molar-refractivity contribution is -0.123. The molecule has 0 heterocycles. The van der Waals surface area contributed by atoms with Gasteiger partial charge in [-0.25, -0.2) is 0 Å². The molecule has 0 bridgehead atoms. The molecule has 0 aliphatic carbocycles.